The minimum Gasteiger partial charge on any atom is -0.595 e. The molecule has 0 spiro atoms. The molecule has 2 aliphatic heterocycles. The molecule has 2 aliphatic rings. The lowest BCUT2D eigenvalue weighted by atomic mass is 9.83. The van der Waals surface area contributed by atoms with Crippen LogP contribution in [0.25, 0.3) is 11.3 Å². The number of nitrogens with zero attached hydrogens (tertiary/aromatic N) is 3. The maximum absolute atomic E-state index is 13.1. The summed E-state index contributed by atoms with van der Waals surface area (Å²) in [5, 5.41) is 26.4. The molecule has 3 N–H and O–H groups in total. The monoisotopic (exact) mass is 407 g/mol. The molecule has 5 rings (SSSR count). The van der Waals surface area contributed by atoms with Gasteiger partial charge in [0.25, 0.3) is 5.91 Å². The van der Waals surface area contributed by atoms with Gasteiger partial charge in [-0.15, -0.1) is 0 Å². The van der Waals surface area contributed by atoms with Gasteiger partial charge in [-0.2, -0.15) is 10.3 Å². The van der Waals surface area contributed by atoms with Gasteiger partial charge >= 0.3 is 5.56 Å². The van der Waals surface area contributed by atoms with E-state index < -0.39 is 10.8 Å². The molecule has 2 bridgehead atoms. The molecule has 1 fully saturated rings. The first-order valence-electron chi connectivity index (χ1n) is 9.88. The lowest BCUT2D eigenvalue weighted by molar-refractivity contribution is -0.992. The molecule has 0 aliphatic carbocycles. The number of hydrogen-bond acceptors (Lipinski definition) is 5. The van der Waals surface area contributed by atoms with E-state index in [1.807, 2.05) is 30.3 Å². The fourth-order valence-corrected chi connectivity index (χ4v) is 4.63. The average Bonchev–Trinajstić information content (AvgIpc) is 3.24. The SMILES string of the molecule is O=C(c1cc(-c2ccccc2)n[nH]1)N1CC2C[C@@H](C1)Cn1c2ccc([NH+]([O-])O)c1=O. The molecule has 1 saturated heterocycles. The lowest BCUT2D eigenvalue weighted by Crippen LogP contribution is -3.00. The minimum atomic E-state index is -1.21. The fraction of sp³-hybridized carbons (Fsp3) is 0.286. The Morgan fingerprint density at radius 2 is 1.97 bits per heavy atom. The van der Waals surface area contributed by atoms with Crippen LogP contribution in [0.1, 0.15) is 28.5 Å². The number of nitrogens with one attached hydrogen (secondary N) is 2. The van der Waals surface area contributed by atoms with Crippen LogP contribution in [0, 0.1) is 11.1 Å². The Labute approximate surface area is 171 Å². The van der Waals surface area contributed by atoms with Crippen molar-refractivity contribution in [1.82, 2.24) is 19.7 Å². The number of aromatic amines is 1. The van der Waals surface area contributed by atoms with E-state index in [-0.39, 0.29) is 23.4 Å². The van der Waals surface area contributed by atoms with E-state index in [4.69, 9.17) is 0 Å². The first kappa shape index (κ1) is 18.7. The van der Waals surface area contributed by atoms with Crippen molar-refractivity contribution in [2.75, 3.05) is 13.1 Å². The number of hydrogen-bond donors (Lipinski definition) is 3. The first-order valence-corrected chi connectivity index (χ1v) is 9.88. The number of rotatable bonds is 3. The van der Waals surface area contributed by atoms with E-state index >= 15 is 0 Å². The molecular formula is C21H21N5O4. The number of benzene rings is 1. The first-order chi connectivity index (χ1) is 14.5. The van der Waals surface area contributed by atoms with Crippen LogP contribution in [-0.4, -0.2) is 43.9 Å². The average molecular weight is 407 g/mol. The molecule has 1 amide bonds. The summed E-state index contributed by atoms with van der Waals surface area (Å²) in [7, 11) is 0. The Morgan fingerprint density at radius 3 is 2.73 bits per heavy atom. The zero-order valence-corrected chi connectivity index (χ0v) is 16.1. The Kier molecular flexibility index (Phi) is 4.50. The summed E-state index contributed by atoms with van der Waals surface area (Å²) in [5.74, 6) is 0.00399. The van der Waals surface area contributed by atoms with Crippen molar-refractivity contribution in [2.24, 2.45) is 5.92 Å². The molecule has 3 aromatic rings. The number of carbonyl (C=O) groups is 1. The molecule has 1 aromatic carbocycles. The molecule has 3 atom stereocenters. The minimum absolute atomic E-state index is 0.00788. The third kappa shape index (κ3) is 3.13. The summed E-state index contributed by atoms with van der Waals surface area (Å²) in [6.07, 6.45) is 0.883. The summed E-state index contributed by atoms with van der Waals surface area (Å²) < 4.78 is 1.58. The van der Waals surface area contributed by atoms with Gasteiger partial charge in [-0.3, -0.25) is 14.7 Å². The normalized spacial score (nSPS) is 21.2. The Hall–Kier alpha value is -3.27. The molecule has 4 heterocycles. The van der Waals surface area contributed by atoms with Crippen LogP contribution >= 0.6 is 0 Å². The Balaban J connectivity index is 1.39. The molecule has 154 valence electrons. The second-order valence-corrected chi connectivity index (χ2v) is 7.93. The number of likely N-dealkylation sites (tertiary alicyclic amines) is 1. The number of fused-ring (bicyclic) bond motifs is 4. The fourth-order valence-electron chi connectivity index (χ4n) is 4.63. The zero-order chi connectivity index (χ0) is 20.8. The molecule has 2 unspecified atom stereocenters. The summed E-state index contributed by atoms with van der Waals surface area (Å²) >= 11 is 0. The zero-order valence-electron chi connectivity index (χ0n) is 16.1. The van der Waals surface area contributed by atoms with Gasteiger partial charge in [-0.1, -0.05) is 30.3 Å². The van der Waals surface area contributed by atoms with E-state index in [0.717, 1.165) is 17.7 Å². The predicted octanol–water partition coefficient (Wildman–Crippen LogP) is 0.901. The number of carbonyl (C=O) groups excluding carboxylic acids is 1. The topological polar surface area (TPSA) is 119 Å². The van der Waals surface area contributed by atoms with Crippen LogP contribution in [0.2, 0.25) is 0 Å². The molecule has 9 nitrogen and oxygen atoms in total. The van der Waals surface area contributed by atoms with Gasteiger partial charge in [0, 0.05) is 42.9 Å². The number of aromatic nitrogens is 3. The van der Waals surface area contributed by atoms with Crippen LogP contribution in [0.15, 0.2) is 53.3 Å². The van der Waals surface area contributed by atoms with Gasteiger partial charge in [-0.05, 0) is 24.5 Å². The largest absolute Gasteiger partial charge is 0.595 e. The predicted molar refractivity (Wildman–Crippen MR) is 107 cm³/mol. The van der Waals surface area contributed by atoms with Gasteiger partial charge < -0.3 is 14.7 Å². The third-order valence-electron chi connectivity index (χ3n) is 6.00. The highest BCUT2D eigenvalue weighted by Crippen LogP contribution is 2.35. The highest BCUT2D eigenvalue weighted by Gasteiger charge is 2.37. The lowest BCUT2D eigenvalue weighted by Gasteiger charge is -2.42. The molecule has 30 heavy (non-hydrogen) atoms. The van der Waals surface area contributed by atoms with Crippen molar-refractivity contribution in [1.29, 1.82) is 0 Å². The maximum atomic E-state index is 13.1. The van der Waals surface area contributed by atoms with E-state index in [2.05, 4.69) is 10.2 Å². The van der Waals surface area contributed by atoms with Crippen LogP contribution in [0.3, 0.4) is 0 Å². The van der Waals surface area contributed by atoms with E-state index in [0.29, 0.717) is 31.0 Å². The molecular weight excluding hydrogens is 386 g/mol. The summed E-state index contributed by atoms with van der Waals surface area (Å²) in [4.78, 5) is 27.5. The van der Waals surface area contributed by atoms with Crippen molar-refractivity contribution in [2.45, 2.75) is 18.9 Å². The quantitative estimate of drug-likeness (QED) is 0.558. The summed E-state index contributed by atoms with van der Waals surface area (Å²) in [5.41, 5.74) is 2.22. The Bertz CT molecular complexity index is 1150. The molecule has 0 radical (unpaired) electrons. The van der Waals surface area contributed by atoms with Crippen molar-refractivity contribution >= 4 is 11.6 Å². The van der Waals surface area contributed by atoms with Crippen LogP contribution in [0.4, 0.5) is 5.69 Å². The highest BCUT2D eigenvalue weighted by molar-refractivity contribution is 5.93. The van der Waals surface area contributed by atoms with Crippen LogP contribution in [-0.2, 0) is 6.54 Å². The van der Waals surface area contributed by atoms with Gasteiger partial charge in [-0.25, -0.2) is 5.21 Å². The second kappa shape index (κ2) is 7.21. The maximum Gasteiger partial charge on any atom is 0.315 e. The van der Waals surface area contributed by atoms with E-state index in [1.165, 1.54) is 6.07 Å². The van der Waals surface area contributed by atoms with Crippen LogP contribution < -0.4 is 10.8 Å². The van der Waals surface area contributed by atoms with Crippen LogP contribution in [0.5, 0.6) is 0 Å². The molecule has 2 aromatic heterocycles. The van der Waals surface area contributed by atoms with Gasteiger partial charge in [0.2, 0.25) is 5.69 Å². The Morgan fingerprint density at radius 1 is 1.17 bits per heavy atom. The summed E-state index contributed by atoms with van der Waals surface area (Å²) in [6, 6.07) is 14.5. The number of piperidine rings is 1. The number of amides is 1. The standard InChI is InChI=1S/C21H21N5O4/c27-20(17-9-16(22-23-17)14-4-2-1-3-5-14)24-10-13-8-15(12-24)18-6-7-19(26(29)30)21(28)25(18)11-13/h1-7,9,13,15,26,29H,8,10-12H2,(H,22,23)/t13-,15?/m0/s1. The number of quaternary nitrogens is 1. The van der Waals surface area contributed by atoms with Crippen molar-refractivity contribution in [3.63, 3.8) is 0 Å². The van der Waals surface area contributed by atoms with E-state index in [9.17, 15) is 20.0 Å². The molecule has 0 saturated carbocycles. The summed E-state index contributed by atoms with van der Waals surface area (Å²) in [6.45, 7) is 1.44. The van der Waals surface area contributed by atoms with E-state index in [1.54, 1.807) is 21.6 Å². The number of H-pyrrole nitrogens is 1. The van der Waals surface area contributed by atoms with Gasteiger partial charge in [0.05, 0.1) is 5.69 Å². The number of pyridine rings is 1. The smallest absolute Gasteiger partial charge is 0.315 e. The van der Waals surface area contributed by atoms with Gasteiger partial charge in [0.1, 0.15) is 5.69 Å². The van der Waals surface area contributed by atoms with Crippen molar-refractivity contribution < 1.29 is 15.2 Å². The second-order valence-electron chi connectivity index (χ2n) is 7.93. The third-order valence-corrected chi connectivity index (χ3v) is 6.00. The highest BCUT2D eigenvalue weighted by atomic mass is 16.8. The van der Waals surface area contributed by atoms with Crippen molar-refractivity contribution in [3.05, 3.63) is 75.5 Å². The molecule has 9 heteroatoms. The van der Waals surface area contributed by atoms with Gasteiger partial charge in [0.15, 0.2) is 0 Å². The van der Waals surface area contributed by atoms with Crippen molar-refractivity contribution in [3.8, 4) is 11.3 Å².